The second-order valence-electron chi connectivity index (χ2n) is 7.86. The molecule has 1 spiro atoms. The minimum atomic E-state index is 0.221. The Bertz CT molecular complexity index is 915. The van der Waals surface area contributed by atoms with Gasteiger partial charge in [-0.3, -0.25) is 4.79 Å². The minimum absolute atomic E-state index is 0.221. The Labute approximate surface area is 169 Å². The number of hydrogen-bond donors (Lipinski definition) is 0. The number of nitrogens with zero attached hydrogens (tertiary/aromatic N) is 5. The summed E-state index contributed by atoms with van der Waals surface area (Å²) in [5.41, 5.74) is 2.87. The summed E-state index contributed by atoms with van der Waals surface area (Å²) >= 11 is 6.25. The van der Waals surface area contributed by atoms with Crippen LogP contribution < -0.4 is 9.80 Å². The molecule has 1 atom stereocenters. The lowest BCUT2D eigenvalue weighted by molar-refractivity contribution is 0.111. The maximum Gasteiger partial charge on any atom is 0.192 e. The molecule has 0 N–H and O–H groups in total. The Morgan fingerprint density at radius 1 is 1.25 bits per heavy atom. The summed E-state index contributed by atoms with van der Waals surface area (Å²) in [5, 5.41) is 9.61. The Hall–Kier alpha value is -2.65. The van der Waals surface area contributed by atoms with E-state index < -0.39 is 0 Å². The lowest BCUT2D eigenvalue weighted by atomic mass is 9.76. The standard InChI is InChI=1S/C21H22ClN5O/c1-15-9-21(14-27(15)17-3-2-16(10-23)19(22)8-17)4-6-26(7-5-21)18-11-24-20(13-28)25-12-18/h2-3,8,11-13,15H,4-7,9,14H2,1H3. The van der Waals surface area contributed by atoms with Crippen LogP contribution in [-0.4, -0.2) is 41.9 Å². The Morgan fingerprint density at radius 3 is 2.57 bits per heavy atom. The highest BCUT2D eigenvalue weighted by atomic mass is 35.5. The van der Waals surface area contributed by atoms with Crippen LogP contribution in [-0.2, 0) is 0 Å². The molecule has 2 aromatic rings. The fourth-order valence-corrected chi connectivity index (χ4v) is 4.81. The van der Waals surface area contributed by atoms with Crippen LogP contribution in [0.5, 0.6) is 0 Å². The summed E-state index contributed by atoms with van der Waals surface area (Å²) in [4.78, 5) is 23.6. The van der Waals surface area contributed by atoms with Crippen molar-refractivity contribution in [2.24, 2.45) is 5.41 Å². The van der Waals surface area contributed by atoms with Crippen molar-refractivity contribution in [1.29, 1.82) is 5.26 Å². The van der Waals surface area contributed by atoms with Crippen LogP contribution in [0.3, 0.4) is 0 Å². The van der Waals surface area contributed by atoms with Crippen LogP contribution in [0.25, 0.3) is 0 Å². The molecule has 2 fully saturated rings. The maximum atomic E-state index is 10.7. The van der Waals surface area contributed by atoms with Crippen molar-refractivity contribution in [1.82, 2.24) is 9.97 Å². The second-order valence-corrected chi connectivity index (χ2v) is 8.27. The maximum absolute atomic E-state index is 10.7. The first kappa shape index (κ1) is 18.7. The molecule has 28 heavy (non-hydrogen) atoms. The van der Waals surface area contributed by atoms with Crippen LogP contribution in [0, 0.1) is 16.7 Å². The quantitative estimate of drug-likeness (QED) is 0.738. The summed E-state index contributed by atoms with van der Waals surface area (Å²) in [7, 11) is 0. The van der Waals surface area contributed by atoms with Crippen LogP contribution in [0.2, 0.25) is 5.02 Å². The first-order chi connectivity index (χ1) is 13.5. The van der Waals surface area contributed by atoms with E-state index in [0.29, 0.717) is 28.3 Å². The van der Waals surface area contributed by atoms with Crippen molar-refractivity contribution >= 4 is 29.3 Å². The van der Waals surface area contributed by atoms with E-state index in [1.165, 1.54) is 0 Å². The molecule has 0 radical (unpaired) electrons. The molecule has 6 nitrogen and oxygen atoms in total. The summed E-state index contributed by atoms with van der Waals surface area (Å²) in [6.07, 6.45) is 7.49. The molecule has 4 rings (SSSR count). The number of aldehydes is 1. The molecule has 0 amide bonds. The summed E-state index contributed by atoms with van der Waals surface area (Å²) < 4.78 is 0. The Kier molecular flexibility index (Phi) is 4.94. The van der Waals surface area contributed by atoms with Crippen LogP contribution in [0.4, 0.5) is 11.4 Å². The monoisotopic (exact) mass is 395 g/mol. The number of piperidine rings is 1. The van der Waals surface area contributed by atoms with Crippen LogP contribution in [0.15, 0.2) is 30.6 Å². The van der Waals surface area contributed by atoms with Crippen molar-refractivity contribution in [3.8, 4) is 6.07 Å². The summed E-state index contributed by atoms with van der Waals surface area (Å²) in [6, 6.07) is 8.28. The molecular weight excluding hydrogens is 374 g/mol. The second kappa shape index (κ2) is 7.40. The average Bonchev–Trinajstić information content (AvgIpc) is 3.04. The van der Waals surface area contributed by atoms with Crippen LogP contribution >= 0.6 is 11.6 Å². The van der Waals surface area contributed by atoms with E-state index in [9.17, 15) is 4.79 Å². The van der Waals surface area contributed by atoms with Gasteiger partial charge in [0.2, 0.25) is 0 Å². The van der Waals surface area contributed by atoms with Gasteiger partial charge in [0.1, 0.15) is 6.07 Å². The molecule has 1 aromatic carbocycles. The van der Waals surface area contributed by atoms with Gasteiger partial charge in [-0.15, -0.1) is 0 Å². The normalized spacial score (nSPS) is 21.0. The molecular formula is C21H22ClN5O. The molecule has 7 heteroatoms. The van der Waals surface area contributed by atoms with Crippen LogP contribution in [0.1, 0.15) is 42.4 Å². The van der Waals surface area contributed by atoms with Gasteiger partial charge in [-0.05, 0) is 49.8 Å². The van der Waals surface area contributed by atoms with Gasteiger partial charge in [-0.25, -0.2) is 9.97 Å². The van der Waals surface area contributed by atoms with E-state index in [1.807, 2.05) is 12.1 Å². The molecule has 1 aromatic heterocycles. The Morgan fingerprint density at radius 2 is 1.96 bits per heavy atom. The third-order valence-electron chi connectivity index (χ3n) is 6.12. The van der Waals surface area contributed by atoms with E-state index in [2.05, 4.69) is 32.8 Å². The molecule has 144 valence electrons. The molecule has 0 bridgehead atoms. The van der Waals surface area contributed by atoms with Crippen molar-refractivity contribution in [2.75, 3.05) is 29.4 Å². The number of rotatable bonds is 3. The highest BCUT2D eigenvalue weighted by Crippen LogP contribution is 2.45. The fourth-order valence-electron chi connectivity index (χ4n) is 4.59. The molecule has 0 aliphatic carbocycles. The van der Waals surface area contributed by atoms with E-state index in [-0.39, 0.29) is 5.82 Å². The highest BCUT2D eigenvalue weighted by Gasteiger charge is 2.44. The molecule has 1 unspecified atom stereocenters. The fraction of sp³-hybridized carbons (Fsp3) is 0.429. The molecule has 2 saturated heterocycles. The van der Waals surface area contributed by atoms with Crippen molar-refractivity contribution < 1.29 is 4.79 Å². The van der Waals surface area contributed by atoms with Crippen molar-refractivity contribution in [2.45, 2.75) is 32.2 Å². The lowest BCUT2D eigenvalue weighted by Crippen LogP contribution is -2.41. The first-order valence-corrected chi connectivity index (χ1v) is 9.90. The third kappa shape index (κ3) is 3.43. The van der Waals surface area contributed by atoms with E-state index in [4.69, 9.17) is 16.9 Å². The predicted octanol–water partition coefficient (Wildman–Crippen LogP) is 3.70. The number of carbonyl (C=O) groups excluding carboxylic acids is 1. The number of anilines is 2. The van der Waals surface area contributed by atoms with Gasteiger partial charge in [0, 0.05) is 31.4 Å². The largest absolute Gasteiger partial charge is 0.369 e. The number of benzene rings is 1. The number of nitriles is 1. The molecule has 3 heterocycles. The zero-order chi connectivity index (χ0) is 19.7. The highest BCUT2D eigenvalue weighted by molar-refractivity contribution is 6.32. The van der Waals surface area contributed by atoms with Gasteiger partial charge in [-0.1, -0.05) is 11.6 Å². The van der Waals surface area contributed by atoms with E-state index >= 15 is 0 Å². The lowest BCUT2D eigenvalue weighted by Gasteiger charge is -2.40. The number of aromatic nitrogens is 2. The predicted molar refractivity (Wildman–Crippen MR) is 109 cm³/mol. The summed E-state index contributed by atoms with van der Waals surface area (Å²) in [6.45, 7) is 5.18. The zero-order valence-corrected chi connectivity index (χ0v) is 16.6. The van der Waals surface area contributed by atoms with Gasteiger partial charge in [0.05, 0.1) is 28.7 Å². The van der Waals surface area contributed by atoms with Gasteiger partial charge < -0.3 is 9.80 Å². The number of hydrogen-bond acceptors (Lipinski definition) is 6. The average molecular weight is 396 g/mol. The smallest absolute Gasteiger partial charge is 0.192 e. The van der Waals surface area contributed by atoms with Gasteiger partial charge in [0.25, 0.3) is 0 Å². The molecule has 0 saturated carbocycles. The third-order valence-corrected chi connectivity index (χ3v) is 6.44. The van der Waals surface area contributed by atoms with Gasteiger partial charge in [-0.2, -0.15) is 5.26 Å². The topological polar surface area (TPSA) is 73.1 Å². The zero-order valence-electron chi connectivity index (χ0n) is 15.8. The molecule has 2 aliphatic rings. The number of carbonyl (C=O) groups is 1. The van der Waals surface area contributed by atoms with Crippen molar-refractivity contribution in [3.63, 3.8) is 0 Å². The van der Waals surface area contributed by atoms with Gasteiger partial charge >= 0.3 is 0 Å². The Balaban J connectivity index is 1.45. The SMILES string of the molecule is CC1CC2(CCN(c3cnc(C=O)nc3)CC2)CN1c1ccc(C#N)c(Cl)c1. The van der Waals surface area contributed by atoms with Gasteiger partial charge in [0.15, 0.2) is 12.1 Å². The van der Waals surface area contributed by atoms with E-state index in [1.54, 1.807) is 18.5 Å². The van der Waals surface area contributed by atoms with E-state index in [0.717, 1.165) is 50.3 Å². The minimum Gasteiger partial charge on any atom is -0.369 e. The number of halogens is 1. The summed E-state index contributed by atoms with van der Waals surface area (Å²) in [5.74, 6) is 0.221. The van der Waals surface area contributed by atoms with Crippen molar-refractivity contribution in [3.05, 3.63) is 47.0 Å². The molecule has 2 aliphatic heterocycles. The first-order valence-electron chi connectivity index (χ1n) is 9.52.